The molecule has 3 N–H and O–H groups in total. The largest absolute Gasteiger partial charge is 0.315 e. The summed E-state index contributed by atoms with van der Waals surface area (Å²) in [5, 5.41) is 8.69. The number of hydrogen-bond acceptors (Lipinski definition) is 3. The van der Waals surface area contributed by atoms with Gasteiger partial charge in [0.1, 0.15) is 4.60 Å². The zero-order valence-electron chi connectivity index (χ0n) is 8.48. The van der Waals surface area contributed by atoms with Crippen molar-refractivity contribution in [1.29, 1.82) is 0 Å². The van der Waals surface area contributed by atoms with Crippen molar-refractivity contribution in [3.8, 4) is 0 Å². The molecule has 0 aromatic carbocycles. The minimum atomic E-state index is -0.0286. The van der Waals surface area contributed by atoms with Crippen molar-refractivity contribution in [2.75, 3.05) is 26.2 Å². The average molecular weight is 275 g/mol. The highest BCUT2D eigenvalue weighted by Gasteiger charge is 2.14. The van der Waals surface area contributed by atoms with Gasteiger partial charge in [-0.25, -0.2) is 0 Å². The fourth-order valence-corrected chi connectivity index (χ4v) is 2.19. The Kier molecular flexibility index (Phi) is 3.61. The molecule has 1 saturated heterocycles. The van der Waals surface area contributed by atoms with Crippen LogP contribution in [0.5, 0.6) is 0 Å². The lowest BCUT2D eigenvalue weighted by molar-refractivity contribution is 0.283. The first-order valence-corrected chi connectivity index (χ1v) is 5.95. The van der Waals surface area contributed by atoms with Crippen LogP contribution in [0.3, 0.4) is 0 Å². The molecule has 1 aromatic rings. The number of hydrogen-bond donors (Lipinski definition) is 3. The van der Waals surface area contributed by atoms with Crippen LogP contribution in [-0.2, 0) is 6.54 Å². The van der Waals surface area contributed by atoms with E-state index in [1.54, 1.807) is 0 Å². The Bertz CT molecular complexity index is 364. The Morgan fingerprint density at radius 3 is 2.87 bits per heavy atom. The van der Waals surface area contributed by atoms with Gasteiger partial charge in [-0.05, 0) is 35.4 Å². The summed E-state index contributed by atoms with van der Waals surface area (Å²) in [7, 11) is 0. The van der Waals surface area contributed by atoms with Crippen molar-refractivity contribution in [2.45, 2.75) is 13.0 Å². The van der Waals surface area contributed by atoms with Gasteiger partial charge in [0.2, 0.25) is 0 Å². The lowest BCUT2D eigenvalue weighted by Crippen LogP contribution is -2.29. The normalized spacial score (nSPS) is 19.0. The smallest absolute Gasteiger partial charge is 0.269 e. The Morgan fingerprint density at radius 1 is 1.27 bits per heavy atom. The molecule has 0 unspecified atom stereocenters. The summed E-state index contributed by atoms with van der Waals surface area (Å²) >= 11 is 3.33. The number of nitrogens with one attached hydrogen (secondary N) is 3. The van der Waals surface area contributed by atoms with Gasteiger partial charge in [0.25, 0.3) is 5.56 Å². The first kappa shape index (κ1) is 10.9. The van der Waals surface area contributed by atoms with E-state index in [9.17, 15) is 4.79 Å². The molecule has 2 rings (SSSR count). The highest BCUT2D eigenvalue weighted by Crippen LogP contribution is 2.11. The van der Waals surface area contributed by atoms with Gasteiger partial charge in [0, 0.05) is 19.6 Å². The molecule has 0 atom stereocenters. The highest BCUT2D eigenvalue weighted by atomic mass is 79.9. The van der Waals surface area contributed by atoms with Crippen LogP contribution in [0.25, 0.3) is 0 Å². The molecule has 1 aliphatic rings. The maximum absolute atomic E-state index is 11.4. The maximum Gasteiger partial charge on any atom is 0.269 e. The molecule has 0 aliphatic carbocycles. The van der Waals surface area contributed by atoms with Crippen LogP contribution < -0.4 is 10.9 Å². The average Bonchev–Trinajstić information content (AvgIpc) is 2.49. The van der Waals surface area contributed by atoms with Gasteiger partial charge in [-0.2, -0.15) is 0 Å². The zero-order valence-corrected chi connectivity index (χ0v) is 10.1. The second kappa shape index (κ2) is 4.96. The molecule has 0 radical (unpaired) electrons. The van der Waals surface area contributed by atoms with Crippen molar-refractivity contribution < 1.29 is 0 Å². The minimum Gasteiger partial charge on any atom is -0.315 e. The van der Waals surface area contributed by atoms with Gasteiger partial charge in [-0.1, -0.05) is 0 Å². The molecule has 84 valence electrons. The SMILES string of the molecule is O=c1[nH][nH]c(Br)c1CN1CCCNCC1. The molecule has 0 amide bonds. The summed E-state index contributed by atoms with van der Waals surface area (Å²) in [6, 6.07) is 0. The lowest BCUT2D eigenvalue weighted by atomic mass is 10.3. The number of aromatic amines is 2. The first-order valence-electron chi connectivity index (χ1n) is 5.15. The zero-order chi connectivity index (χ0) is 10.7. The summed E-state index contributed by atoms with van der Waals surface area (Å²) in [4.78, 5) is 13.7. The van der Waals surface area contributed by atoms with E-state index in [-0.39, 0.29) is 5.56 Å². The van der Waals surface area contributed by atoms with E-state index in [1.165, 1.54) is 0 Å². The number of halogens is 1. The van der Waals surface area contributed by atoms with Crippen LogP contribution in [0.4, 0.5) is 0 Å². The first-order chi connectivity index (χ1) is 7.27. The van der Waals surface area contributed by atoms with Gasteiger partial charge in [0.05, 0.1) is 5.56 Å². The Balaban J connectivity index is 2.04. The minimum absolute atomic E-state index is 0.0286. The monoisotopic (exact) mass is 274 g/mol. The van der Waals surface area contributed by atoms with Crippen LogP contribution in [0.2, 0.25) is 0 Å². The standard InChI is InChI=1S/C9H15BrN4O/c10-8-7(9(15)13-12-8)6-14-4-1-2-11-3-5-14/h11H,1-6H2,(H2,12,13,15). The molecule has 15 heavy (non-hydrogen) atoms. The summed E-state index contributed by atoms with van der Waals surface area (Å²) in [5.41, 5.74) is 0.760. The van der Waals surface area contributed by atoms with Gasteiger partial charge < -0.3 is 5.32 Å². The predicted octanol–water partition coefficient (Wildman–Crippen LogP) is 0.261. The van der Waals surface area contributed by atoms with E-state index in [0.29, 0.717) is 6.54 Å². The predicted molar refractivity (Wildman–Crippen MR) is 61.9 cm³/mol. The molecular formula is C9H15BrN4O. The molecule has 0 saturated carbocycles. The molecule has 5 nitrogen and oxygen atoms in total. The van der Waals surface area contributed by atoms with Crippen LogP contribution in [0, 0.1) is 0 Å². The number of nitrogens with zero attached hydrogens (tertiary/aromatic N) is 1. The molecule has 6 heteroatoms. The summed E-state index contributed by atoms with van der Waals surface area (Å²) in [6.07, 6.45) is 1.14. The van der Waals surface area contributed by atoms with Gasteiger partial charge in [-0.15, -0.1) is 0 Å². The van der Waals surface area contributed by atoms with Crippen molar-refractivity contribution in [3.63, 3.8) is 0 Å². The summed E-state index contributed by atoms with van der Waals surface area (Å²) in [6.45, 7) is 4.82. The molecule has 1 fully saturated rings. The quantitative estimate of drug-likeness (QED) is 0.725. The lowest BCUT2D eigenvalue weighted by Gasteiger charge is -2.17. The molecule has 2 heterocycles. The summed E-state index contributed by atoms with van der Waals surface area (Å²) < 4.78 is 0.768. The molecule has 1 aromatic heterocycles. The number of H-pyrrole nitrogens is 2. The van der Waals surface area contributed by atoms with E-state index in [1.807, 2.05) is 0 Å². The van der Waals surface area contributed by atoms with Crippen molar-refractivity contribution in [2.24, 2.45) is 0 Å². The van der Waals surface area contributed by atoms with Gasteiger partial charge in [-0.3, -0.25) is 19.9 Å². The van der Waals surface area contributed by atoms with E-state index in [4.69, 9.17) is 0 Å². The molecule has 1 aliphatic heterocycles. The third-order valence-electron chi connectivity index (χ3n) is 2.64. The fraction of sp³-hybridized carbons (Fsp3) is 0.667. The second-order valence-electron chi connectivity index (χ2n) is 3.75. The third-order valence-corrected chi connectivity index (χ3v) is 3.32. The Morgan fingerprint density at radius 2 is 2.13 bits per heavy atom. The molecular weight excluding hydrogens is 260 g/mol. The Labute approximate surface area is 96.4 Å². The third kappa shape index (κ3) is 2.70. The number of aromatic nitrogens is 2. The number of rotatable bonds is 2. The van der Waals surface area contributed by atoms with E-state index < -0.39 is 0 Å². The van der Waals surface area contributed by atoms with Crippen LogP contribution in [-0.4, -0.2) is 41.3 Å². The highest BCUT2D eigenvalue weighted by molar-refractivity contribution is 9.10. The van der Waals surface area contributed by atoms with Crippen LogP contribution >= 0.6 is 15.9 Å². The van der Waals surface area contributed by atoms with E-state index >= 15 is 0 Å². The second-order valence-corrected chi connectivity index (χ2v) is 4.54. The van der Waals surface area contributed by atoms with Crippen molar-refractivity contribution >= 4 is 15.9 Å². The van der Waals surface area contributed by atoms with Crippen LogP contribution in [0.1, 0.15) is 12.0 Å². The van der Waals surface area contributed by atoms with E-state index in [2.05, 4.69) is 36.3 Å². The van der Waals surface area contributed by atoms with Gasteiger partial charge >= 0.3 is 0 Å². The van der Waals surface area contributed by atoms with E-state index in [0.717, 1.165) is 42.8 Å². The van der Waals surface area contributed by atoms with Crippen LogP contribution in [0.15, 0.2) is 9.40 Å². The molecule has 0 spiro atoms. The fourth-order valence-electron chi connectivity index (χ4n) is 1.79. The van der Waals surface area contributed by atoms with Crippen molar-refractivity contribution in [3.05, 3.63) is 20.5 Å². The summed E-state index contributed by atoms with van der Waals surface area (Å²) in [5.74, 6) is 0. The topological polar surface area (TPSA) is 63.9 Å². The van der Waals surface area contributed by atoms with Crippen molar-refractivity contribution in [1.82, 2.24) is 20.4 Å². The van der Waals surface area contributed by atoms with Gasteiger partial charge in [0.15, 0.2) is 0 Å². The maximum atomic E-state index is 11.4. The Hall–Kier alpha value is -0.590. The molecule has 0 bridgehead atoms.